The molecule has 0 fully saturated rings. The fourth-order valence-corrected chi connectivity index (χ4v) is 2.13. The van der Waals surface area contributed by atoms with Crippen LogP contribution in [0.3, 0.4) is 0 Å². The summed E-state index contributed by atoms with van der Waals surface area (Å²) in [6.07, 6.45) is 2.42. The molecule has 100 valence electrons. The van der Waals surface area contributed by atoms with E-state index in [1.54, 1.807) is 17.8 Å². The maximum absolute atomic E-state index is 12.9. The Hall–Kier alpha value is -1.27. The van der Waals surface area contributed by atoms with Crippen molar-refractivity contribution in [2.45, 2.75) is 12.5 Å². The van der Waals surface area contributed by atoms with Crippen LogP contribution in [0, 0.1) is 5.82 Å². The van der Waals surface area contributed by atoms with Crippen molar-refractivity contribution in [3.63, 3.8) is 0 Å². The predicted molar refractivity (Wildman–Crippen MR) is 72.4 cm³/mol. The van der Waals surface area contributed by atoms with Gasteiger partial charge in [-0.15, -0.1) is 0 Å². The van der Waals surface area contributed by atoms with Crippen molar-refractivity contribution in [3.05, 3.63) is 30.1 Å². The summed E-state index contributed by atoms with van der Waals surface area (Å²) >= 11 is 1.59. The number of carbonyl (C=O) groups is 1. The summed E-state index contributed by atoms with van der Waals surface area (Å²) in [5.74, 6) is 0.320. The first-order valence-corrected chi connectivity index (χ1v) is 6.98. The second-order valence-electron chi connectivity index (χ2n) is 3.77. The number of nitrogens with one attached hydrogen (secondary N) is 2. The number of benzene rings is 1. The minimum atomic E-state index is -0.399. The van der Waals surface area contributed by atoms with Gasteiger partial charge in [-0.3, -0.25) is 0 Å². The van der Waals surface area contributed by atoms with Gasteiger partial charge in [0.25, 0.3) is 0 Å². The SMILES string of the molecule is CSC[C@H](CCO)NC(=O)Nc1cccc(F)c1. The molecule has 4 nitrogen and oxygen atoms in total. The van der Waals surface area contributed by atoms with Gasteiger partial charge in [-0.2, -0.15) is 11.8 Å². The van der Waals surface area contributed by atoms with E-state index in [2.05, 4.69) is 10.6 Å². The Morgan fingerprint density at radius 1 is 1.56 bits per heavy atom. The molecule has 2 amide bonds. The van der Waals surface area contributed by atoms with E-state index in [-0.39, 0.29) is 12.6 Å². The molecule has 1 aromatic carbocycles. The van der Waals surface area contributed by atoms with Crippen LogP contribution in [0.2, 0.25) is 0 Å². The fourth-order valence-electron chi connectivity index (χ4n) is 1.47. The molecule has 3 N–H and O–H groups in total. The van der Waals surface area contributed by atoms with Crippen LogP contribution in [-0.2, 0) is 0 Å². The second kappa shape index (κ2) is 7.94. The third-order valence-electron chi connectivity index (χ3n) is 2.26. The van der Waals surface area contributed by atoms with Crippen molar-refractivity contribution in [1.82, 2.24) is 5.32 Å². The molecule has 18 heavy (non-hydrogen) atoms. The van der Waals surface area contributed by atoms with Gasteiger partial charge < -0.3 is 15.7 Å². The van der Waals surface area contributed by atoms with Gasteiger partial charge in [-0.05, 0) is 30.9 Å². The van der Waals surface area contributed by atoms with Gasteiger partial charge >= 0.3 is 6.03 Å². The lowest BCUT2D eigenvalue weighted by Crippen LogP contribution is -2.40. The summed E-state index contributed by atoms with van der Waals surface area (Å²) in [5, 5.41) is 14.2. The zero-order valence-corrected chi connectivity index (χ0v) is 11.0. The minimum absolute atomic E-state index is 0.0193. The standard InChI is InChI=1S/C12H17FN2O2S/c1-18-8-11(5-6-16)15-12(17)14-10-4-2-3-9(13)7-10/h2-4,7,11,16H,5-6,8H2,1H3,(H2,14,15,17)/t11-/m0/s1. The molecule has 0 aromatic heterocycles. The van der Waals surface area contributed by atoms with Crippen LogP contribution in [0.15, 0.2) is 24.3 Å². The molecule has 1 rings (SSSR count). The molecule has 0 spiro atoms. The first-order chi connectivity index (χ1) is 8.65. The Labute approximate surface area is 110 Å². The van der Waals surface area contributed by atoms with Crippen LogP contribution < -0.4 is 10.6 Å². The van der Waals surface area contributed by atoms with Crippen LogP contribution in [-0.4, -0.2) is 35.8 Å². The lowest BCUT2D eigenvalue weighted by molar-refractivity contribution is 0.241. The third kappa shape index (κ3) is 5.37. The number of hydrogen-bond donors (Lipinski definition) is 3. The van der Waals surface area contributed by atoms with Gasteiger partial charge in [0.1, 0.15) is 5.82 Å². The zero-order valence-electron chi connectivity index (χ0n) is 10.1. The number of halogens is 1. The van der Waals surface area contributed by atoms with Crippen LogP contribution in [0.4, 0.5) is 14.9 Å². The van der Waals surface area contributed by atoms with E-state index in [0.717, 1.165) is 5.75 Å². The molecule has 0 aliphatic carbocycles. The van der Waals surface area contributed by atoms with E-state index in [9.17, 15) is 9.18 Å². The summed E-state index contributed by atoms with van der Waals surface area (Å²) in [6, 6.07) is 5.20. The maximum atomic E-state index is 12.9. The summed E-state index contributed by atoms with van der Waals surface area (Å²) in [5.41, 5.74) is 0.402. The van der Waals surface area contributed by atoms with Crippen LogP contribution >= 0.6 is 11.8 Å². The van der Waals surface area contributed by atoms with Gasteiger partial charge in [-0.1, -0.05) is 6.07 Å². The first kappa shape index (κ1) is 14.8. The van der Waals surface area contributed by atoms with E-state index in [0.29, 0.717) is 12.1 Å². The van der Waals surface area contributed by atoms with Gasteiger partial charge in [0.05, 0.1) is 0 Å². The lowest BCUT2D eigenvalue weighted by atomic mass is 10.2. The van der Waals surface area contributed by atoms with Crippen molar-refractivity contribution in [2.24, 2.45) is 0 Å². The quantitative estimate of drug-likeness (QED) is 0.743. The van der Waals surface area contributed by atoms with Crippen LogP contribution in [0.5, 0.6) is 0 Å². The van der Waals surface area contributed by atoms with Gasteiger partial charge in [0, 0.05) is 24.1 Å². The van der Waals surface area contributed by atoms with Crippen molar-refractivity contribution in [1.29, 1.82) is 0 Å². The Kier molecular flexibility index (Phi) is 6.53. The van der Waals surface area contributed by atoms with E-state index in [1.165, 1.54) is 18.2 Å². The van der Waals surface area contributed by atoms with Crippen molar-refractivity contribution in [3.8, 4) is 0 Å². The number of anilines is 1. The van der Waals surface area contributed by atoms with Crippen LogP contribution in [0.25, 0.3) is 0 Å². The number of thioether (sulfide) groups is 1. The van der Waals surface area contributed by atoms with Gasteiger partial charge in [0.15, 0.2) is 0 Å². The highest BCUT2D eigenvalue weighted by atomic mass is 32.2. The average Bonchev–Trinajstić information content (AvgIpc) is 2.29. The molecule has 0 radical (unpaired) electrons. The summed E-state index contributed by atoms with van der Waals surface area (Å²) in [6.45, 7) is 0.0193. The molecule has 0 unspecified atom stereocenters. The monoisotopic (exact) mass is 272 g/mol. The fraction of sp³-hybridized carbons (Fsp3) is 0.417. The molecular formula is C12H17FN2O2S. The Morgan fingerprint density at radius 3 is 2.94 bits per heavy atom. The first-order valence-electron chi connectivity index (χ1n) is 5.58. The van der Waals surface area contributed by atoms with E-state index >= 15 is 0 Å². The van der Waals surface area contributed by atoms with E-state index in [4.69, 9.17) is 5.11 Å². The number of hydrogen-bond acceptors (Lipinski definition) is 3. The topological polar surface area (TPSA) is 61.4 Å². The van der Waals surface area contributed by atoms with Gasteiger partial charge in [-0.25, -0.2) is 9.18 Å². The normalized spacial score (nSPS) is 11.9. The third-order valence-corrected chi connectivity index (χ3v) is 3.00. The lowest BCUT2D eigenvalue weighted by Gasteiger charge is -2.17. The van der Waals surface area contributed by atoms with Crippen LogP contribution in [0.1, 0.15) is 6.42 Å². The highest BCUT2D eigenvalue weighted by Crippen LogP contribution is 2.09. The van der Waals surface area contributed by atoms with Crippen molar-refractivity contribution in [2.75, 3.05) is 23.9 Å². The summed E-state index contributed by atoms with van der Waals surface area (Å²) < 4.78 is 12.9. The molecule has 1 aromatic rings. The molecule has 0 aliphatic heterocycles. The number of carbonyl (C=O) groups excluding carboxylic acids is 1. The molecular weight excluding hydrogens is 255 g/mol. The molecule has 1 atom stereocenters. The Balaban J connectivity index is 2.49. The van der Waals surface area contributed by atoms with Gasteiger partial charge in [0.2, 0.25) is 0 Å². The van der Waals surface area contributed by atoms with E-state index < -0.39 is 11.8 Å². The minimum Gasteiger partial charge on any atom is -0.396 e. The molecule has 6 heteroatoms. The smallest absolute Gasteiger partial charge is 0.319 e. The Morgan fingerprint density at radius 2 is 2.33 bits per heavy atom. The van der Waals surface area contributed by atoms with Crippen molar-refractivity contribution < 1.29 is 14.3 Å². The largest absolute Gasteiger partial charge is 0.396 e. The molecule has 0 saturated carbocycles. The second-order valence-corrected chi connectivity index (χ2v) is 4.68. The van der Waals surface area contributed by atoms with Crippen molar-refractivity contribution >= 4 is 23.5 Å². The zero-order chi connectivity index (χ0) is 13.4. The summed E-state index contributed by atoms with van der Waals surface area (Å²) in [7, 11) is 0. The molecule has 0 aliphatic rings. The molecule has 0 bridgehead atoms. The number of urea groups is 1. The maximum Gasteiger partial charge on any atom is 0.319 e. The van der Waals surface area contributed by atoms with E-state index in [1.807, 2.05) is 6.26 Å². The number of aliphatic hydroxyl groups is 1. The number of amides is 2. The average molecular weight is 272 g/mol. The Bertz CT molecular complexity index is 384. The molecule has 0 heterocycles. The highest BCUT2D eigenvalue weighted by Gasteiger charge is 2.11. The molecule has 0 saturated heterocycles. The summed E-state index contributed by atoms with van der Waals surface area (Å²) in [4.78, 5) is 11.6. The number of aliphatic hydroxyl groups excluding tert-OH is 1. The highest BCUT2D eigenvalue weighted by molar-refractivity contribution is 7.98. The number of rotatable bonds is 6. The predicted octanol–water partition coefficient (Wildman–Crippen LogP) is 2.06.